The molecule has 0 saturated heterocycles. The second-order valence-corrected chi connectivity index (χ2v) is 17.7. The molecule has 0 saturated carbocycles. The Hall–Kier alpha value is -3.60. The Morgan fingerprint density at radius 2 is 0.788 bits per heavy atom. The summed E-state index contributed by atoms with van der Waals surface area (Å²) in [5.41, 5.74) is 0. The Morgan fingerprint density at radius 3 is 1.27 bits per heavy atom. The number of carbonyl (C=O) groups is 3. The van der Waals surface area contributed by atoms with E-state index in [2.05, 4.69) is 118 Å². The van der Waals surface area contributed by atoms with Crippen molar-refractivity contribution in [3.05, 3.63) is 97.2 Å². The third-order valence-corrected chi connectivity index (χ3v) is 10.9. The van der Waals surface area contributed by atoms with Crippen LogP contribution in [0.15, 0.2) is 97.2 Å². The fraction of sp³-hybridized carbons (Fsp3) is 0.648. The van der Waals surface area contributed by atoms with Crippen LogP contribution in [0.4, 0.5) is 0 Å². The first-order valence-electron chi connectivity index (χ1n) is 25.1. The number of hydrogen-bond acceptors (Lipinski definition) is 10. The Kier molecular flexibility index (Phi) is 45.3. The van der Waals surface area contributed by atoms with Crippen molar-refractivity contribution < 1.29 is 52.2 Å². The van der Waals surface area contributed by atoms with Gasteiger partial charge in [-0.05, 0) is 109 Å². The number of phosphoric ester groups is 1. The molecule has 0 aromatic carbocycles. The van der Waals surface area contributed by atoms with Gasteiger partial charge in [-0.1, -0.05) is 157 Å². The fourth-order valence-electron chi connectivity index (χ4n) is 6.16. The van der Waals surface area contributed by atoms with Crippen molar-refractivity contribution in [1.82, 2.24) is 0 Å². The van der Waals surface area contributed by atoms with Crippen molar-refractivity contribution in [1.29, 1.82) is 0 Å². The average Bonchev–Trinajstić information content (AvgIpc) is 3.30. The highest BCUT2D eigenvalue weighted by molar-refractivity contribution is 7.47. The lowest BCUT2D eigenvalue weighted by atomic mass is 10.1. The number of phosphoric acid groups is 1. The molecule has 2 N–H and O–H groups in total. The second kappa shape index (κ2) is 47.9. The second-order valence-electron chi connectivity index (χ2n) is 16.2. The highest BCUT2D eigenvalue weighted by Gasteiger charge is 2.28. The molecule has 3 atom stereocenters. The molecular weight excluding hydrogens is 856 g/mol. The van der Waals surface area contributed by atoms with E-state index in [-0.39, 0.29) is 25.9 Å². The largest absolute Gasteiger partial charge is 0.472 e. The summed E-state index contributed by atoms with van der Waals surface area (Å²) in [4.78, 5) is 48.2. The number of hydrogen-bond donors (Lipinski definition) is 2. The SMILES string of the molecule is CC/C=C\C/C=C\C/C=C\C/C=C\CCCCC(=O)OCC(COP(=O)(O)OCC(CO)OC(=O)CCCCCCC/C=C\CCCC)OC(=O)CCCCC/C=C\C/C=C\C/C=C\CC. The van der Waals surface area contributed by atoms with Crippen LogP contribution in [-0.2, 0) is 42.2 Å². The maximum Gasteiger partial charge on any atom is 0.472 e. The number of allylic oxidation sites excluding steroid dienone is 16. The lowest BCUT2D eigenvalue weighted by Crippen LogP contribution is -2.30. The molecule has 0 spiro atoms. The Balaban J connectivity index is 4.87. The molecule has 12 heteroatoms. The number of rotatable bonds is 45. The topological polar surface area (TPSA) is 155 Å². The van der Waals surface area contributed by atoms with Crippen LogP contribution in [0, 0.1) is 0 Å². The third kappa shape index (κ3) is 45.6. The van der Waals surface area contributed by atoms with Crippen LogP contribution in [0.2, 0.25) is 0 Å². The van der Waals surface area contributed by atoms with Gasteiger partial charge < -0.3 is 24.2 Å². The molecule has 0 aliphatic rings. The van der Waals surface area contributed by atoms with Crippen LogP contribution >= 0.6 is 7.82 Å². The van der Waals surface area contributed by atoms with E-state index >= 15 is 0 Å². The number of aliphatic hydroxyl groups excluding tert-OH is 1. The standard InChI is InChI=1S/C54H89O11P/c1-4-7-10-13-16-19-22-24-25-27-29-31-34-37-40-43-52(56)61-47-51(65-54(58)45-42-39-36-33-30-26-23-20-17-14-11-8-5-2)49-63-66(59,60)62-48-50(46-55)64-53(57)44-41-38-35-32-28-21-18-15-12-9-6-3/h7-8,10-11,15-20,24-26,29-31,50-51,55H,4-6,9,12-14,21-23,27-28,32-49H2,1-3H3,(H,59,60)/b10-7-,11-8-,18-15-,19-16-,20-17-,25-24-,30-26-,31-29-. The lowest BCUT2D eigenvalue weighted by Gasteiger charge is -2.21. The summed E-state index contributed by atoms with van der Waals surface area (Å²) in [6, 6.07) is 0. The first-order chi connectivity index (χ1) is 32.2. The van der Waals surface area contributed by atoms with Gasteiger partial charge in [0.1, 0.15) is 12.7 Å². The summed E-state index contributed by atoms with van der Waals surface area (Å²) < 4.78 is 39.2. The van der Waals surface area contributed by atoms with Crippen molar-refractivity contribution in [3.8, 4) is 0 Å². The highest BCUT2D eigenvalue weighted by atomic mass is 31.2. The predicted octanol–water partition coefficient (Wildman–Crippen LogP) is 14.1. The summed E-state index contributed by atoms with van der Waals surface area (Å²) >= 11 is 0. The normalized spacial score (nSPS) is 14.3. The van der Waals surface area contributed by atoms with Gasteiger partial charge in [0.05, 0.1) is 19.8 Å². The highest BCUT2D eigenvalue weighted by Crippen LogP contribution is 2.43. The lowest BCUT2D eigenvalue weighted by molar-refractivity contribution is -0.161. The van der Waals surface area contributed by atoms with Gasteiger partial charge in [-0.3, -0.25) is 23.4 Å². The quantitative estimate of drug-likeness (QED) is 0.0197. The van der Waals surface area contributed by atoms with E-state index in [1.165, 1.54) is 12.8 Å². The maximum atomic E-state index is 12.8. The molecule has 0 aromatic heterocycles. The minimum absolute atomic E-state index is 0.118. The fourth-order valence-corrected chi connectivity index (χ4v) is 6.95. The Morgan fingerprint density at radius 1 is 0.439 bits per heavy atom. The van der Waals surface area contributed by atoms with Gasteiger partial charge in [0.15, 0.2) is 6.10 Å². The van der Waals surface area contributed by atoms with Gasteiger partial charge in [0.2, 0.25) is 0 Å². The number of unbranched alkanes of at least 4 members (excludes halogenated alkanes) is 12. The molecule has 0 fully saturated rings. The molecular formula is C54H89O11P. The van der Waals surface area contributed by atoms with Gasteiger partial charge in [-0.15, -0.1) is 0 Å². The summed E-state index contributed by atoms with van der Waals surface area (Å²) in [6.45, 7) is 4.24. The van der Waals surface area contributed by atoms with Crippen molar-refractivity contribution in [3.63, 3.8) is 0 Å². The number of aliphatic hydroxyl groups is 1. The van der Waals surface area contributed by atoms with Crippen molar-refractivity contribution in [2.45, 2.75) is 200 Å². The van der Waals surface area contributed by atoms with Crippen molar-refractivity contribution >= 4 is 25.7 Å². The third-order valence-electron chi connectivity index (χ3n) is 9.97. The van der Waals surface area contributed by atoms with Crippen LogP contribution in [0.25, 0.3) is 0 Å². The van der Waals surface area contributed by atoms with Crippen molar-refractivity contribution in [2.24, 2.45) is 0 Å². The minimum atomic E-state index is -4.76. The molecule has 0 radical (unpaired) electrons. The van der Waals surface area contributed by atoms with E-state index < -0.39 is 57.8 Å². The Bertz CT molecular complexity index is 1480. The molecule has 66 heavy (non-hydrogen) atoms. The number of esters is 3. The van der Waals surface area contributed by atoms with E-state index in [4.69, 9.17) is 23.3 Å². The molecule has 0 aliphatic carbocycles. The van der Waals surface area contributed by atoms with Crippen LogP contribution in [-0.4, -0.2) is 66.5 Å². The van der Waals surface area contributed by atoms with E-state index in [9.17, 15) is 28.9 Å². The molecule has 3 unspecified atom stereocenters. The van der Waals surface area contributed by atoms with Crippen LogP contribution in [0.5, 0.6) is 0 Å². The predicted molar refractivity (Wildman–Crippen MR) is 270 cm³/mol. The van der Waals surface area contributed by atoms with Gasteiger partial charge in [-0.2, -0.15) is 0 Å². The Labute approximate surface area is 400 Å². The van der Waals surface area contributed by atoms with Gasteiger partial charge >= 0.3 is 25.7 Å². The van der Waals surface area contributed by atoms with Crippen LogP contribution in [0.3, 0.4) is 0 Å². The van der Waals surface area contributed by atoms with E-state index in [0.29, 0.717) is 19.3 Å². The zero-order valence-corrected chi connectivity index (χ0v) is 42.0. The molecule has 0 aliphatic heterocycles. The first kappa shape index (κ1) is 62.4. The van der Waals surface area contributed by atoms with Crippen molar-refractivity contribution in [2.75, 3.05) is 26.4 Å². The summed E-state index contributed by atoms with van der Waals surface area (Å²) in [5.74, 6) is -1.57. The summed E-state index contributed by atoms with van der Waals surface area (Å²) in [5, 5.41) is 9.75. The molecule has 0 bridgehead atoms. The minimum Gasteiger partial charge on any atom is -0.462 e. The van der Waals surface area contributed by atoms with Gasteiger partial charge in [-0.25, -0.2) is 4.57 Å². The van der Waals surface area contributed by atoms with E-state index in [1.54, 1.807) is 0 Å². The molecule has 0 amide bonds. The van der Waals surface area contributed by atoms with Gasteiger partial charge in [0, 0.05) is 19.3 Å². The number of carbonyl (C=O) groups excluding carboxylic acids is 3. The monoisotopic (exact) mass is 945 g/mol. The molecule has 0 aromatic rings. The maximum absolute atomic E-state index is 12.8. The summed E-state index contributed by atoms with van der Waals surface area (Å²) in [7, 11) is -4.76. The van der Waals surface area contributed by atoms with E-state index in [1.807, 2.05) is 0 Å². The molecule has 0 rings (SSSR count). The smallest absolute Gasteiger partial charge is 0.462 e. The van der Waals surface area contributed by atoms with Crippen LogP contribution in [0.1, 0.15) is 188 Å². The summed E-state index contributed by atoms with van der Waals surface area (Å²) in [6.07, 6.45) is 53.9. The molecule has 11 nitrogen and oxygen atoms in total. The molecule has 376 valence electrons. The molecule has 0 heterocycles. The van der Waals surface area contributed by atoms with Gasteiger partial charge in [0.25, 0.3) is 0 Å². The first-order valence-corrected chi connectivity index (χ1v) is 26.6. The number of ether oxygens (including phenoxy) is 3. The zero-order chi connectivity index (χ0) is 48.4. The zero-order valence-electron chi connectivity index (χ0n) is 41.1. The van der Waals surface area contributed by atoms with Crippen LogP contribution < -0.4 is 0 Å². The average molecular weight is 945 g/mol. The van der Waals surface area contributed by atoms with E-state index in [0.717, 1.165) is 116 Å².